The van der Waals surface area contributed by atoms with Gasteiger partial charge in [-0.05, 0) is 50.3 Å². The van der Waals surface area contributed by atoms with Crippen molar-refractivity contribution in [3.05, 3.63) is 35.9 Å². The molecule has 0 N–H and O–H groups in total. The first kappa shape index (κ1) is 15.5. The maximum atomic E-state index is 6.00. The lowest BCUT2D eigenvalue weighted by molar-refractivity contribution is -0.0322. The number of hydrogen-bond donors (Lipinski definition) is 0. The molecule has 0 aromatic heterocycles. The number of rotatable bonds is 7. The van der Waals surface area contributed by atoms with E-state index in [9.17, 15) is 0 Å². The zero-order valence-corrected chi connectivity index (χ0v) is 13.1. The second kappa shape index (κ2) is 8.43. The van der Waals surface area contributed by atoms with Crippen LogP contribution in [0.25, 0.3) is 0 Å². The van der Waals surface area contributed by atoms with Crippen molar-refractivity contribution in [2.24, 2.45) is 5.92 Å². The van der Waals surface area contributed by atoms with Crippen LogP contribution in [-0.2, 0) is 11.2 Å². The van der Waals surface area contributed by atoms with Crippen LogP contribution >= 0.6 is 0 Å². The molecule has 1 fully saturated rings. The van der Waals surface area contributed by atoms with Crippen LogP contribution in [0.2, 0.25) is 0 Å². The Morgan fingerprint density at radius 2 is 2.05 bits per heavy atom. The average molecular weight is 275 g/mol. The molecule has 0 radical (unpaired) electrons. The van der Waals surface area contributed by atoms with E-state index in [1.807, 2.05) is 0 Å². The topological polar surface area (TPSA) is 12.5 Å². The average Bonchev–Trinajstić information content (AvgIpc) is 2.49. The normalized spacial score (nSPS) is 23.9. The standard InChI is InChI=1S/C18H29NO/c1-3-14-20-18-15-19(13-11-16(18)2)12-7-10-17-8-5-4-6-9-17/h4-6,8-9,16,18H,3,7,10-15H2,1-2H3. The van der Waals surface area contributed by atoms with E-state index in [2.05, 4.69) is 49.1 Å². The SMILES string of the molecule is CCCOC1CN(CCCc2ccccc2)CCC1C. The number of benzene rings is 1. The molecule has 2 unspecified atom stereocenters. The minimum absolute atomic E-state index is 0.445. The van der Waals surface area contributed by atoms with Gasteiger partial charge in [-0.1, -0.05) is 44.2 Å². The van der Waals surface area contributed by atoms with Crippen molar-refractivity contribution in [3.63, 3.8) is 0 Å². The van der Waals surface area contributed by atoms with Gasteiger partial charge in [0, 0.05) is 13.2 Å². The van der Waals surface area contributed by atoms with Crippen molar-refractivity contribution in [2.75, 3.05) is 26.2 Å². The molecule has 2 nitrogen and oxygen atoms in total. The molecule has 1 aliphatic heterocycles. The fraction of sp³-hybridized carbons (Fsp3) is 0.667. The highest BCUT2D eigenvalue weighted by molar-refractivity contribution is 5.14. The van der Waals surface area contributed by atoms with Crippen LogP contribution in [0.15, 0.2) is 30.3 Å². The summed E-state index contributed by atoms with van der Waals surface area (Å²) >= 11 is 0. The van der Waals surface area contributed by atoms with Gasteiger partial charge in [-0.15, -0.1) is 0 Å². The Morgan fingerprint density at radius 1 is 1.25 bits per heavy atom. The van der Waals surface area contributed by atoms with Crippen LogP contribution in [0.3, 0.4) is 0 Å². The summed E-state index contributed by atoms with van der Waals surface area (Å²) in [7, 11) is 0. The Kier molecular flexibility index (Phi) is 6.55. The maximum Gasteiger partial charge on any atom is 0.0727 e. The first-order valence-corrected chi connectivity index (χ1v) is 8.17. The monoisotopic (exact) mass is 275 g/mol. The van der Waals surface area contributed by atoms with Gasteiger partial charge in [-0.3, -0.25) is 0 Å². The summed E-state index contributed by atoms with van der Waals surface area (Å²) in [6, 6.07) is 10.8. The molecule has 112 valence electrons. The van der Waals surface area contributed by atoms with Crippen molar-refractivity contribution in [1.82, 2.24) is 4.90 Å². The molecular weight excluding hydrogens is 246 g/mol. The molecule has 20 heavy (non-hydrogen) atoms. The molecule has 0 saturated carbocycles. The van der Waals surface area contributed by atoms with Crippen LogP contribution in [0, 0.1) is 5.92 Å². The summed E-state index contributed by atoms with van der Waals surface area (Å²) in [5.74, 6) is 0.715. The van der Waals surface area contributed by atoms with E-state index in [-0.39, 0.29) is 0 Å². The Labute approximate surface area is 124 Å². The molecule has 1 aromatic carbocycles. The summed E-state index contributed by atoms with van der Waals surface area (Å²) < 4.78 is 6.00. The van der Waals surface area contributed by atoms with E-state index in [0.29, 0.717) is 12.0 Å². The number of piperidine rings is 1. The lowest BCUT2D eigenvalue weighted by Crippen LogP contribution is -2.44. The Balaban J connectivity index is 1.70. The zero-order valence-electron chi connectivity index (χ0n) is 13.1. The number of ether oxygens (including phenoxy) is 1. The van der Waals surface area contributed by atoms with Crippen molar-refractivity contribution in [1.29, 1.82) is 0 Å². The van der Waals surface area contributed by atoms with E-state index in [1.54, 1.807) is 0 Å². The fourth-order valence-electron chi connectivity index (χ4n) is 2.94. The third-order valence-corrected chi connectivity index (χ3v) is 4.29. The highest BCUT2D eigenvalue weighted by Gasteiger charge is 2.26. The van der Waals surface area contributed by atoms with Crippen LogP contribution in [0.1, 0.15) is 38.7 Å². The van der Waals surface area contributed by atoms with Crippen molar-refractivity contribution in [2.45, 2.75) is 45.6 Å². The second-order valence-electron chi connectivity index (χ2n) is 6.06. The Bertz CT molecular complexity index is 365. The lowest BCUT2D eigenvalue weighted by Gasteiger charge is -2.37. The summed E-state index contributed by atoms with van der Waals surface area (Å²) in [6.45, 7) is 8.99. The first-order valence-electron chi connectivity index (χ1n) is 8.17. The molecule has 0 bridgehead atoms. The largest absolute Gasteiger partial charge is 0.377 e. The van der Waals surface area contributed by atoms with E-state index in [4.69, 9.17) is 4.74 Å². The van der Waals surface area contributed by atoms with Gasteiger partial charge in [0.1, 0.15) is 0 Å². The molecule has 1 aliphatic rings. The summed E-state index contributed by atoms with van der Waals surface area (Å²) in [6.07, 6.45) is 5.28. The molecule has 0 aliphatic carbocycles. The van der Waals surface area contributed by atoms with Gasteiger partial charge in [0.25, 0.3) is 0 Å². The van der Waals surface area contributed by atoms with E-state index < -0.39 is 0 Å². The molecule has 2 atom stereocenters. The van der Waals surface area contributed by atoms with E-state index >= 15 is 0 Å². The summed E-state index contributed by atoms with van der Waals surface area (Å²) in [5.41, 5.74) is 1.46. The van der Waals surface area contributed by atoms with Gasteiger partial charge in [0.15, 0.2) is 0 Å². The van der Waals surface area contributed by atoms with Gasteiger partial charge >= 0.3 is 0 Å². The molecule has 1 aromatic rings. The molecule has 2 heteroatoms. The third kappa shape index (κ3) is 4.92. The molecule has 0 amide bonds. The first-order chi connectivity index (χ1) is 9.79. The van der Waals surface area contributed by atoms with Crippen molar-refractivity contribution < 1.29 is 4.74 Å². The molecule has 1 saturated heterocycles. The Hall–Kier alpha value is -0.860. The van der Waals surface area contributed by atoms with Crippen molar-refractivity contribution in [3.8, 4) is 0 Å². The van der Waals surface area contributed by atoms with Gasteiger partial charge < -0.3 is 9.64 Å². The van der Waals surface area contributed by atoms with Crippen LogP contribution in [-0.4, -0.2) is 37.2 Å². The predicted molar refractivity (Wildman–Crippen MR) is 85.0 cm³/mol. The van der Waals surface area contributed by atoms with Crippen LogP contribution in [0.4, 0.5) is 0 Å². The number of hydrogen-bond acceptors (Lipinski definition) is 2. The minimum atomic E-state index is 0.445. The van der Waals surface area contributed by atoms with Gasteiger partial charge in [-0.25, -0.2) is 0 Å². The smallest absolute Gasteiger partial charge is 0.0727 e. The molecule has 0 spiro atoms. The van der Waals surface area contributed by atoms with Crippen LogP contribution < -0.4 is 0 Å². The number of aryl methyl sites for hydroxylation is 1. The quantitative estimate of drug-likeness (QED) is 0.751. The highest BCUT2D eigenvalue weighted by Crippen LogP contribution is 2.20. The predicted octanol–water partition coefficient (Wildman–Crippen LogP) is 3.76. The fourth-order valence-corrected chi connectivity index (χ4v) is 2.94. The van der Waals surface area contributed by atoms with Gasteiger partial charge in [0.05, 0.1) is 6.10 Å². The Morgan fingerprint density at radius 3 is 2.80 bits per heavy atom. The molecular formula is C18H29NO. The van der Waals surface area contributed by atoms with Crippen molar-refractivity contribution >= 4 is 0 Å². The highest BCUT2D eigenvalue weighted by atomic mass is 16.5. The number of likely N-dealkylation sites (tertiary alicyclic amines) is 1. The minimum Gasteiger partial charge on any atom is -0.377 e. The summed E-state index contributed by atoms with van der Waals surface area (Å²) in [5, 5.41) is 0. The van der Waals surface area contributed by atoms with Gasteiger partial charge in [0.2, 0.25) is 0 Å². The van der Waals surface area contributed by atoms with E-state index in [1.165, 1.54) is 37.9 Å². The molecule has 2 rings (SSSR count). The van der Waals surface area contributed by atoms with E-state index in [0.717, 1.165) is 19.6 Å². The zero-order chi connectivity index (χ0) is 14.2. The third-order valence-electron chi connectivity index (χ3n) is 4.29. The van der Waals surface area contributed by atoms with Gasteiger partial charge in [-0.2, -0.15) is 0 Å². The number of nitrogens with zero attached hydrogens (tertiary/aromatic N) is 1. The van der Waals surface area contributed by atoms with Crippen LogP contribution in [0.5, 0.6) is 0 Å². The summed E-state index contributed by atoms with van der Waals surface area (Å²) in [4.78, 5) is 2.59. The molecule has 1 heterocycles. The lowest BCUT2D eigenvalue weighted by atomic mass is 9.95. The second-order valence-corrected chi connectivity index (χ2v) is 6.06. The maximum absolute atomic E-state index is 6.00.